The van der Waals surface area contributed by atoms with Gasteiger partial charge in [-0.25, -0.2) is 5.43 Å². The molecule has 0 radical (unpaired) electrons. The van der Waals surface area contributed by atoms with E-state index in [0.29, 0.717) is 5.02 Å². The molecule has 1 fully saturated rings. The van der Waals surface area contributed by atoms with Crippen molar-refractivity contribution in [2.45, 2.75) is 31.3 Å². The Kier molecular flexibility index (Phi) is 5.68. The highest BCUT2D eigenvalue weighted by atomic mass is 35.5. The second-order valence-corrected chi connectivity index (χ2v) is 6.56. The summed E-state index contributed by atoms with van der Waals surface area (Å²) >= 11 is 5.84. The highest BCUT2D eigenvalue weighted by molar-refractivity contribution is 6.30. The first-order chi connectivity index (χ1) is 12.1. The maximum Gasteiger partial charge on any atom is 0.243 e. The Morgan fingerprint density at radius 1 is 1.04 bits per heavy atom. The van der Waals surface area contributed by atoms with Gasteiger partial charge in [0.25, 0.3) is 0 Å². The number of hydrogen-bond donors (Lipinski definition) is 3. The molecule has 0 bridgehead atoms. The van der Waals surface area contributed by atoms with E-state index in [1.807, 2.05) is 30.3 Å². The summed E-state index contributed by atoms with van der Waals surface area (Å²) in [7, 11) is 0. The van der Waals surface area contributed by atoms with Gasteiger partial charge in [0.1, 0.15) is 6.04 Å². The van der Waals surface area contributed by atoms with E-state index >= 15 is 0 Å². The van der Waals surface area contributed by atoms with Crippen LogP contribution in [0.4, 0.5) is 0 Å². The van der Waals surface area contributed by atoms with E-state index in [1.165, 1.54) is 0 Å². The Bertz CT molecular complexity index is 730. The molecule has 0 unspecified atom stereocenters. The number of amides is 2. The lowest BCUT2D eigenvalue weighted by molar-refractivity contribution is -0.125. The van der Waals surface area contributed by atoms with E-state index in [0.717, 1.165) is 24.0 Å². The zero-order valence-electron chi connectivity index (χ0n) is 13.7. The summed E-state index contributed by atoms with van der Waals surface area (Å²) in [5.74, 6) is -0.358. The van der Waals surface area contributed by atoms with Crippen molar-refractivity contribution in [1.82, 2.24) is 16.2 Å². The standard InChI is InChI=1S/C19H20ClN3O2/c20-15-8-6-13(7-9-15)12-17(24)22-23-18(14-4-2-1-3-5-14)19(25)21-16-10-11-16/h1-9,16,18,23H,10-12H2,(H,21,25)(H,22,24)/t18-/m1/s1. The number of carbonyl (C=O) groups is 2. The maximum atomic E-state index is 12.5. The Morgan fingerprint density at radius 3 is 2.36 bits per heavy atom. The van der Waals surface area contributed by atoms with Crippen molar-refractivity contribution < 1.29 is 9.59 Å². The van der Waals surface area contributed by atoms with Crippen molar-refractivity contribution in [2.75, 3.05) is 0 Å². The molecule has 2 aromatic carbocycles. The summed E-state index contributed by atoms with van der Waals surface area (Å²) in [6.45, 7) is 0. The molecule has 1 aliphatic rings. The van der Waals surface area contributed by atoms with Crippen LogP contribution in [0.3, 0.4) is 0 Å². The molecule has 0 aliphatic heterocycles. The molecular weight excluding hydrogens is 338 g/mol. The summed E-state index contributed by atoms with van der Waals surface area (Å²) in [6, 6.07) is 16.0. The number of rotatable bonds is 7. The van der Waals surface area contributed by atoms with Crippen LogP contribution < -0.4 is 16.2 Å². The highest BCUT2D eigenvalue weighted by Crippen LogP contribution is 2.21. The number of benzene rings is 2. The zero-order chi connectivity index (χ0) is 17.6. The molecule has 1 aliphatic carbocycles. The average molecular weight is 358 g/mol. The predicted octanol–water partition coefficient (Wildman–Crippen LogP) is 2.52. The Labute approximate surface area is 151 Å². The van der Waals surface area contributed by atoms with Crippen molar-refractivity contribution >= 4 is 23.4 Å². The fourth-order valence-corrected chi connectivity index (χ4v) is 2.57. The number of nitrogens with one attached hydrogen (secondary N) is 3. The van der Waals surface area contributed by atoms with E-state index in [1.54, 1.807) is 24.3 Å². The Balaban J connectivity index is 1.60. The van der Waals surface area contributed by atoms with Gasteiger partial charge in [0, 0.05) is 11.1 Å². The van der Waals surface area contributed by atoms with Crippen LogP contribution >= 0.6 is 11.6 Å². The molecule has 0 saturated heterocycles. The lowest BCUT2D eigenvalue weighted by Gasteiger charge is -2.19. The summed E-state index contributed by atoms with van der Waals surface area (Å²) in [5.41, 5.74) is 7.15. The number of hydrazine groups is 1. The van der Waals surface area contributed by atoms with Crippen LogP contribution in [0.25, 0.3) is 0 Å². The fraction of sp³-hybridized carbons (Fsp3) is 0.263. The van der Waals surface area contributed by atoms with E-state index in [4.69, 9.17) is 11.6 Å². The quantitative estimate of drug-likeness (QED) is 0.667. The monoisotopic (exact) mass is 357 g/mol. The van der Waals surface area contributed by atoms with Gasteiger partial charge in [-0.1, -0.05) is 54.1 Å². The van der Waals surface area contributed by atoms with Gasteiger partial charge >= 0.3 is 0 Å². The van der Waals surface area contributed by atoms with Gasteiger partial charge in [-0.2, -0.15) is 0 Å². The first-order valence-electron chi connectivity index (χ1n) is 8.26. The van der Waals surface area contributed by atoms with Crippen LogP contribution in [0.1, 0.15) is 30.0 Å². The first-order valence-corrected chi connectivity index (χ1v) is 8.64. The Hall–Kier alpha value is -2.37. The number of carbonyl (C=O) groups excluding carboxylic acids is 2. The van der Waals surface area contributed by atoms with Crippen LogP contribution in [0.2, 0.25) is 5.02 Å². The lowest BCUT2D eigenvalue weighted by Crippen LogP contribution is -2.47. The van der Waals surface area contributed by atoms with Crippen LogP contribution in [0, 0.1) is 0 Å². The molecule has 0 aromatic heterocycles. The lowest BCUT2D eigenvalue weighted by atomic mass is 10.1. The average Bonchev–Trinajstić information content (AvgIpc) is 3.42. The molecule has 6 heteroatoms. The minimum Gasteiger partial charge on any atom is -0.352 e. The van der Waals surface area contributed by atoms with Gasteiger partial charge in [-0.15, -0.1) is 0 Å². The molecule has 3 rings (SSSR count). The molecule has 2 amide bonds. The fourth-order valence-electron chi connectivity index (χ4n) is 2.44. The molecule has 130 valence electrons. The molecule has 0 heterocycles. The third-order valence-corrected chi connectivity index (χ3v) is 4.20. The summed E-state index contributed by atoms with van der Waals surface area (Å²) in [5, 5.41) is 3.59. The second-order valence-electron chi connectivity index (χ2n) is 6.12. The molecule has 1 saturated carbocycles. The third-order valence-electron chi connectivity index (χ3n) is 3.95. The minimum atomic E-state index is -0.629. The highest BCUT2D eigenvalue weighted by Gasteiger charge is 2.28. The second kappa shape index (κ2) is 8.14. The predicted molar refractivity (Wildman–Crippen MR) is 96.8 cm³/mol. The first kappa shape index (κ1) is 17.5. The van der Waals surface area contributed by atoms with Gasteiger partial charge in [0.2, 0.25) is 11.8 Å². The summed E-state index contributed by atoms with van der Waals surface area (Å²) < 4.78 is 0. The SMILES string of the molecule is O=C(Cc1ccc(Cl)cc1)NN[C@@H](C(=O)NC1CC1)c1ccccc1. The van der Waals surface area contributed by atoms with Crippen molar-refractivity contribution in [3.05, 3.63) is 70.7 Å². The van der Waals surface area contributed by atoms with E-state index in [-0.39, 0.29) is 24.3 Å². The van der Waals surface area contributed by atoms with Gasteiger partial charge in [0.15, 0.2) is 0 Å². The minimum absolute atomic E-state index is 0.138. The topological polar surface area (TPSA) is 70.2 Å². The van der Waals surface area contributed by atoms with E-state index < -0.39 is 6.04 Å². The van der Waals surface area contributed by atoms with Crippen molar-refractivity contribution in [3.63, 3.8) is 0 Å². The Morgan fingerprint density at radius 2 is 1.72 bits per heavy atom. The summed E-state index contributed by atoms with van der Waals surface area (Å²) in [4.78, 5) is 24.6. The van der Waals surface area contributed by atoms with Crippen molar-refractivity contribution in [1.29, 1.82) is 0 Å². The van der Waals surface area contributed by atoms with Crippen LogP contribution in [0.5, 0.6) is 0 Å². The molecular formula is C19H20ClN3O2. The molecule has 25 heavy (non-hydrogen) atoms. The van der Waals surface area contributed by atoms with E-state index in [2.05, 4.69) is 16.2 Å². The zero-order valence-corrected chi connectivity index (χ0v) is 14.4. The molecule has 3 N–H and O–H groups in total. The normalized spacial score (nSPS) is 14.6. The molecule has 0 spiro atoms. The van der Waals surface area contributed by atoms with Crippen LogP contribution in [-0.4, -0.2) is 17.9 Å². The van der Waals surface area contributed by atoms with E-state index in [9.17, 15) is 9.59 Å². The van der Waals surface area contributed by atoms with Gasteiger partial charge in [0.05, 0.1) is 6.42 Å². The molecule has 2 aromatic rings. The van der Waals surface area contributed by atoms with Crippen molar-refractivity contribution in [3.8, 4) is 0 Å². The van der Waals surface area contributed by atoms with Crippen LogP contribution in [-0.2, 0) is 16.0 Å². The molecule has 1 atom stereocenters. The number of halogens is 1. The number of hydrogen-bond acceptors (Lipinski definition) is 3. The largest absolute Gasteiger partial charge is 0.352 e. The smallest absolute Gasteiger partial charge is 0.243 e. The van der Waals surface area contributed by atoms with Crippen molar-refractivity contribution in [2.24, 2.45) is 0 Å². The van der Waals surface area contributed by atoms with Gasteiger partial charge in [-0.05, 0) is 36.1 Å². The third kappa shape index (κ3) is 5.31. The van der Waals surface area contributed by atoms with Crippen LogP contribution in [0.15, 0.2) is 54.6 Å². The maximum absolute atomic E-state index is 12.5. The molecule has 5 nitrogen and oxygen atoms in total. The summed E-state index contributed by atoms with van der Waals surface area (Å²) in [6.07, 6.45) is 2.22. The van der Waals surface area contributed by atoms with Gasteiger partial charge in [-0.3, -0.25) is 15.0 Å². The van der Waals surface area contributed by atoms with Gasteiger partial charge < -0.3 is 5.32 Å².